The summed E-state index contributed by atoms with van der Waals surface area (Å²) in [7, 11) is 0. The minimum atomic E-state index is -0.917. The van der Waals surface area contributed by atoms with E-state index in [1.807, 2.05) is 0 Å². The second-order valence-electron chi connectivity index (χ2n) is 6.50. The Hall–Kier alpha value is -2.02. The van der Waals surface area contributed by atoms with Crippen molar-refractivity contribution < 1.29 is 18.4 Å². The van der Waals surface area contributed by atoms with Crippen molar-refractivity contribution in [3.63, 3.8) is 0 Å². The average molecular weight is 337 g/mol. The van der Waals surface area contributed by atoms with Gasteiger partial charge in [-0.3, -0.25) is 14.5 Å². The van der Waals surface area contributed by atoms with Crippen molar-refractivity contribution in [1.29, 1.82) is 0 Å². The maximum absolute atomic E-state index is 13.1. The number of halogens is 2. The van der Waals surface area contributed by atoms with Gasteiger partial charge in [0.1, 0.15) is 11.6 Å². The van der Waals surface area contributed by atoms with Crippen LogP contribution in [0.2, 0.25) is 0 Å². The van der Waals surface area contributed by atoms with Crippen molar-refractivity contribution in [2.24, 2.45) is 0 Å². The molecule has 0 unspecified atom stereocenters. The molecule has 0 spiro atoms. The molecule has 24 heavy (non-hydrogen) atoms. The Morgan fingerprint density at radius 1 is 1.00 bits per heavy atom. The Balaban J connectivity index is 1.50. The molecule has 1 aromatic carbocycles. The number of amides is 2. The molecule has 7 heteroatoms. The summed E-state index contributed by atoms with van der Waals surface area (Å²) in [6, 6.07) is 3.16. The molecule has 2 amide bonds. The second-order valence-corrected chi connectivity index (χ2v) is 6.50. The number of nitrogens with one attached hydrogen (secondary N) is 2. The van der Waals surface area contributed by atoms with Gasteiger partial charge in [0.25, 0.3) is 0 Å². The normalized spacial score (nSPS) is 21.8. The molecule has 0 aromatic heterocycles. The predicted octanol–water partition coefficient (Wildman–Crippen LogP) is 2.04. The van der Waals surface area contributed by atoms with Gasteiger partial charge in [-0.2, -0.15) is 0 Å². The maximum atomic E-state index is 13.1. The van der Waals surface area contributed by atoms with E-state index in [1.54, 1.807) is 0 Å². The monoisotopic (exact) mass is 337 g/mol. The van der Waals surface area contributed by atoms with Crippen LogP contribution in [0.3, 0.4) is 0 Å². The van der Waals surface area contributed by atoms with E-state index in [9.17, 15) is 18.4 Å². The highest BCUT2D eigenvalue weighted by molar-refractivity contribution is 6.39. The molecular weight excluding hydrogens is 316 g/mol. The van der Waals surface area contributed by atoms with Crippen molar-refractivity contribution in [2.75, 3.05) is 18.4 Å². The fourth-order valence-electron chi connectivity index (χ4n) is 3.57. The van der Waals surface area contributed by atoms with Crippen molar-refractivity contribution in [3.05, 3.63) is 29.8 Å². The molecule has 3 rings (SSSR count). The third kappa shape index (κ3) is 4.08. The number of rotatable bonds is 3. The van der Waals surface area contributed by atoms with E-state index in [4.69, 9.17) is 0 Å². The van der Waals surface area contributed by atoms with Gasteiger partial charge in [-0.25, -0.2) is 8.78 Å². The Morgan fingerprint density at radius 2 is 1.67 bits per heavy atom. The van der Waals surface area contributed by atoms with Crippen LogP contribution in [0.4, 0.5) is 14.5 Å². The van der Waals surface area contributed by atoms with Gasteiger partial charge in [0.05, 0.1) is 0 Å². The Kier molecular flexibility index (Phi) is 5.08. The minimum absolute atomic E-state index is 0.0619. The molecule has 1 saturated heterocycles. The molecule has 2 aliphatic rings. The SMILES string of the molecule is O=C(Nc1cc(F)cc(F)c1)C(=O)N[C@@H]1CCN(C2CCCC2)C1. The van der Waals surface area contributed by atoms with Gasteiger partial charge in [0, 0.05) is 36.9 Å². The lowest BCUT2D eigenvalue weighted by molar-refractivity contribution is -0.136. The first-order valence-electron chi connectivity index (χ1n) is 8.33. The highest BCUT2D eigenvalue weighted by Crippen LogP contribution is 2.26. The van der Waals surface area contributed by atoms with E-state index in [0.717, 1.165) is 31.6 Å². The van der Waals surface area contributed by atoms with Crippen LogP contribution in [-0.4, -0.2) is 41.9 Å². The first kappa shape index (κ1) is 16.8. The van der Waals surface area contributed by atoms with Gasteiger partial charge in [-0.05, 0) is 31.4 Å². The third-order valence-electron chi connectivity index (χ3n) is 4.72. The van der Waals surface area contributed by atoms with Gasteiger partial charge in [-0.1, -0.05) is 12.8 Å². The fourth-order valence-corrected chi connectivity index (χ4v) is 3.57. The van der Waals surface area contributed by atoms with Crippen LogP contribution < -0.4 is 10.6 Å². The number of hydrogen-bond donors (Lipinski definition) is 2. The maximum Gasteiger partial charge on any atom is 0.313 e. The summed E-state index contributed by atoms with van der Waals surface area (Å²) in [5.74, 6) is -3.32. The third-order valence-corrected chi connectivity index (χ3v) is 4.72. The number of benzene rings is 1. The molecule has 1 saturated carbocycles. The molecule has 130 valence electrons. The van der Waals surface area contributed by atoms with E-state index in [1.165, 1.54) is 25.7 Å². The highest BCUT2D eigenvalue weighted by atomic mass is 19.1. The standard InChI is InChI=1S/C17H21F2N3O2/c18-11-7-12(19)9-14(8-11)21-17(24)16(23)20-13-5-6-22(10-13)15-3-1-2-4-15/h7-9,13,15H,1-6,10H2,(H,20,23)(H,21,24)/t13-/m1/s1. The minimum Gasteiger partial charge on any atom is -0.344 e. The lowest BCUT2D eigenvalue weighted by Gasteiger charge is -2.23. The van der Waals surface area contributed by atoms with Gasteiger partial charge < -0.3 is 10.6 Å². The highest BCUT2D eigenvalue weighted by Gasteiger charge is 2.31. The van der Waals surface area contributed by atoms with Crippen LogP contribution in [-0.2, 0) is 9.59 Å². The van der Waals surface area contributed by atoms with Crippen molar-refractivity contribution >= 4 is 17.5 Å². The number of likely N-dealkylation sites (tertiary alicyclic amines) is 1. The molecule has 5 nitrogen and oxygen atoms in total. The van der Waals surface area contributed by atoms with Crippen LogP contribution in [0.15, 0.2) is 18.2 Å². The van der Waals surface area contributed by atoms with E-state index >= 15 is 0 Å². The lowest BCUT2D eigenvalue weighted by atomic mass is 10.2. The molecule has 2 fully saturated rings. The molecule has 1 aliphatic carbocycles. The van der Waals surface area contributed by atoms with Gasteiger partial charge in [0.15, 0.2) is 0 Å². The topological polar surface area (TPSA) is 61.4 Å². The average Bonchev–Trinajstić information content (AvgIpc) is 3.16. The number of anilines is 1. The summed E-state index contributed by atoms with van der Waals surface area (Å²) in [4.78, 5) is 26.2. The van der Waals surface area contributed by atoms with Crippen LogP contribution >= 0.6 is 0 Å². The largest absolute Gasteiger partial charge is 0.344 e. The Bertz CT molecular complexity index is 612. The molecular formula is C17H21F2N3O2. The van der Waals surface area contributed by atoms with E-state index < -0.39 is 23.4 Å². The summed E-state index contributed by atoms with van der Waals surface area (Å²) < 4.78 is 26.2. The smallest absolute Gasteiger partial charge is 0.313 e. The van der Waals surface area contributed by atoms with E-state index in [2.05, 4.69) is 15.5 Å². The zero-order chi connectivity index (χ0) is 17.1. The Morgan fingerprint density at radius 3 is 2.33 bits per heavy atom. The fraction of sp³-hybridized carbons (Fsp3) is 0.529. The van der Waals surface area contributed by atoms with Crippen LogP contribution in [0.5, 0.6) is 0 Å². The zero-order valence-corrected chi connectivity index (χ0v) is 13.4. The van der Waals surface area contributed by atoms with E-state index in [0.29, 0.717) is 12.1 Å². The molecule has 1 atom stereocenters. The summed E-state index contributed by atoms with van der Waals surface area (Å²) in [6.07, 6.45) is 5.72. The first-order valence-corrected chi connectivity index (χ1v) is 8.33. The number of hydrogen-bond acceptors (Lipinski definition) is 3. The summed E-state index contributed by atoms with van der Waals surface area (Å²) in [5.41, 5.74) is -0.0772. The van der Waals surface area contributed by atoms with Crippen LogP contribution in [0.25, 0.3) is 0 Å². The molecule has 1 heterocycles. The molecule has 1 aromatic rings. The van der Waals surface area contributed by atoms with Crippen LogP contribution in [0, 0.1) is 11.6 Å². The Labute approximate surface area is 139 Å². The van der Waals surface area contributed by atoms with Crippen molar-refractivity contribution in [2.45, 2.75) is 44.2 Å². The van der Waals surface area contributed by atoms with Gasteiger partial charge in [0.2, 0.25) is 0 Å². The van der Waals surface area contributed by atoms with Crippen LogP contribution in [0.1, 0.15) is 32.1 Å². The van der Waals surface area contributed by atoms with Crippen molar-refractivity contribution in [3.8, 4) is 0 Å². The quantitative estimate of drug-likeness (QED) is 0.830. The lowest BCUT2D eigenvalue weighted by Crippen LogP contribution is -2.43. The van der Waals surface area contributed by atoms with E-state index in [-0.39, 0.29) is 11.7 Å². The predicted molar refractivity (Wildman–Crippen MR) is 85.4 cm³/mol. The number of carbonyl (C=O) groups is 2. The molecule has 0 bridgehead atoms. The molecule has 1 aliphatic heterocycles. The summed E-state index contributed by atoms with van der Waals surface area (Å²) in [6.45, 7) is 1.67. The van der Waals surface area contributed by atoms with Gasteiger partial charge in [-0.15, -0.1) is 0 Å². The zero-order valence-electron chi connectivity index (χ0n) is 13.4. The number of nitrogens with zero attached hydrogens (tertiary/aromatic N) is 1. The van der Waals surface area contributed by atoms with Gasteiger partial charge >= 0.3 is 11.8 Å². The summed E-state index contributed by atoms with van der Waals surface area (Å²) in [5, 5.41) is 4.92. The summed E-state index contributed by atoms with van der Waals surface area (Å²) >= 11 is 0. The first-order chi connectivity index (χ1) is 11.5. The molecule has 0 radical (unpaired) electrons. The number of carbonyl (C=O) groups excluding carboxylic acids is 2. The van der Waals surface area contributed by atoms with Crippen molar-refractivity contribution in [1.82, 2.24) is 10.2 Å². The second kappa shape index (κ2) is 7.25. The molecule has 2 N–H and O–H groups in total.